The van der Waals surface area contributed by atoms with Gasteiger partial charge in [-0.25, -0.2) is 4.79 Å². The molecule has 0 aliphatic heterocycles. The number of halogens is 1. The molecule has 0 unspecified atom stereocenters. The second-order valence-electron chi connectivity index (χ2n) is 4.42. The van der Waals surface area contributed by atoms with Crippen LogP contribution in [0.3, 0.4) is 0 Å². The summed E-state index contributed by atoms with van der Waals surface area (Å²) < 4.78 is 5.06. The van der Waals surface area contributed by atoms with Gasteiger partial charge in [0.2, 0.25) is 0 Å². The van der Waals surface area contributed by atoms with Crippen LogP contribution in [0.15, 0.2) is 54.6 Å². The molecule has 0 saturated heterocycles. The molecule has 2 rings (SSSR count). The van der Waals surface area contributed by atoms with Gasteiger partial charge in [0.05, 0.1) is 4.92 Å². The SMILES string of the molecule is O=C(C=Cc1cccc([N+](=O)[O-])c1)OCc1cccc(Cl)c1. The lowest BCUT2D eigenvalue weighted by Crippen LogP contribution is -2.00. The Balaban J connectivity index is 1.94. The topological polar surface area (TPSA) is 69.4 Å². The molecular formula is C16H12ClNO4. The molecule has 0 amide bonds. The van der Waals surface area contributed by atoms with Crippen molar-refractivity contribution in [3.63, 3.8) is 0 Å². The number of non-ortho nitro benzene ring substituents is 1. The summed E-state index contributed by atoms with van der Waals surface area (Å²) in [6.45, 7) is 0.110. The third kappa shape index (κ3) is 4.71. The number of carbonyl (C=O) groups is 1. The highest BCUT2D eigenvalue weighted by atomic mass is 35.5. The van der Waals surface area contributed by atoms with E-state index in [1.165, 1.54) is 24.3 Å². The number of nitrogens with zero attached hydrogens (tertiary/aromatic N) is 1. The van der Waals surface area contributed by atoms with Gasteiger partial charge < -0.3 is 4.74 Å². The Morgan fingerprint density at radius 2 is 2.00 bits per heavy atom. The second-order valence-corrected chi connectivity index (χ2v) is 4.86. The summed E-state index contributed by atoms with van der Waals surface area (Å²) in [5.74, 6) is -0.536. The Morgan fingerprint density at radius 3 is 2.73 bits per heavy atom. The normalized spacial score (nSPS) is 10.6. The van der Waals surface area contributed by atoms with Crippen LogP contribution < -0.4 is 0 Å². The Labute approximate surface area is 131 Å². The first-order valence-electron chi connectivity index (χ1n) is 6.38. The summed E-state index contributed by atoms with van der Waals surface area (Å²) >= 11 is 5.83. The fraction of sp³-hybridized carbons (Fsp3) is 0.0625. The van der Waals surface area contributed by atoms with Crippen LogP contribution in [0.1, 0.15) is 11.1 Å². The standard InChI is InChI=1S/C16H12ClNO4/c17-14-5-1-4-13(9-14)11-22-16(19)8-7-12-3-2-6-15(10-12)18(20)21/h1-10H,11H2. The van der Waals surface area contributed by atoms with Gasteiger partial charge in [-0.1, -0.05) is 35.9 Å². The van der Waals surface area contributed by atoms with Crippen LogP contribution in [-0.2, 0) is 16.1 Å². The molecule has 5 nitrogen and oxygen atoms in total. The van der Waals surface area contributed by atoms with E-state index in [2.05, 4.69) is 0 Å². The molecule has 0 bridgehead atoms. The zero-order valence-corrected chi connectivity index (χ0v) is 12.2. The maximum Gasteiger partial charge on any atom is 0.331 e. The first-order chi connectivity index (χ1) is 10.5. The van der Waals surface area contributed by atoms with E-state index in [1.54, 1.807) is 36.4 Å². The average molecular weight is 318 g/mol. The van der Waals surface area contributed by atoms with Crippen LogP contribution in [0.5, 0.6) is 0 Å². The molecule has 0 spiro atoms. The van der Waals surface area contributed by atoms with Crippen LogP contribution in [0, 0.1) is 10.1 Å². The number of hydrogen-bond donors (Lipinski definition) is 0. The lowest BCUT2D eigenvalue weighted by molar-refractivity contribution is -0.384. The van der Waals surface area contributed by atoms with Gasteiger partial charge in [0.25, 0.3) is 5.69 Å². The molecule has 0 heterocycles. The van der Waals surface area contributed by atoms with Crippen molar-refractivity contribution >= 4 is 29.3 Å². The van der Waals surface area contributed by atoms with Gasteiger partial charge in [-0.15, -0.1) is 0 Å². The molecule has 6 heteroatoms. The van der Waals surface area contributed by atoms with Crippen LogP contribution in [-0.4, -0.2) is 10.9 Å². The van der Waals surface area contributed by atoms with Crippen molar-refractivity contribution in [3.05, 3.63) is 80.9 Å². The van der Waals surface area contributed by atoms with E-state index in [0.29, 0.717) is 10.6 Å². The van der Waals surface area contributed by atoms with Gasteiger partial charge in [0.15, 0.2) is 0 Å². The predicted octanol–water partition coefficient (Wildman–Crippen LogP) is 4.00. The highest BCUT2D eigenvalue weighted by Gasteiger charge is 2.04. The van der Waals surface area contributed by atoms with E-state index < -0.39 is 10.9 Å². The van der Waals surface area contributed by atoms with Crippen LogP contribution in [0.25, 0.3) is 6.08 Å². The maximum absolute atomic E-state index is 11.6. The quantitative estimate of drug-likeness (QED) is 0.361. The molecule has 0 N–H and O–H groups in total. The summed E-state index contributed by atoms with van der Waals surface area (Å²) in [4.78, 5) is 21.8. The Hall–Kier alpha value is -2.66. The van der Waals surface area contributed by atoms with Gasteiger partial charge in [-0.2, -0.15) is 0 Å². The van der Waals surface area contributed by atoms with Gasteiger partial charge in [-0.3, -0.25) is 10.1 Å². The van der Waals surface area contributed by atoms with Gasteiger partial charge >= 0.3 is 5.97 Å². The highest BCUT2D eigenvalue weighted by molar-refractivity contribution is 6.30. The summed E-state index contributed by atoms with van der Waals surface area (Å²) in [6.07, 6.45) is 2.69. The highest BCUT2D eigenvalue weighted by Crippen LogP contribution is 2.14. The number of esters is 1. The van der Waals surface area contributed by atoms with E-state index in [9.17, 15) is 14.9 Å². The number of ether oxygens (including phenoxy) is 1. The summed E-state index contributed by atoms with van der Waals surface area (Å²) in [5, 5.41) is 11.2. The van der Waals surface area contributed by atoms with Crippen LogP contribution in [0.4, 0.5) is 5.69 Å². The molecule has 0 aromatic heterocycles. The van der Waals surface area contributed by atoms with Crippen molar-refractivity contribution in [2.24, 2.45) is 0 Å². The molecule has 112 valence electrons. The van der Waals surface area contributed by atoms with Gasteiger partial charge in [0, 0.05) is 23.2 Å². The number of nitro benzene ring substituents is 1. The molecule has 0 fully saturated rings. The van der Waals surface area contributed by atoms with E-state index >= 15 is 0 Å². The molecule has 0 aliphatic rings. The lowest BCUT2D eigenvalue weighted by Gasteiger charge is -2.02. The zero-order valence-electron chi connectivity index (χ0n) is 11.4. The maximum atomic E-state index is 11.6. The summed E-state index contributed by atoms with van der Waals surface area (Å²) in [5.41, 5.74) is 1.30. The predicted molar refractivity (Wildman–Crippen MR) is 83.4 cm³/mol. The minimum Gasteiger partial charge on any atom is -0.458 e. The smallest absolute Gasteiger partial charge is 0.331 e. The van der Waals surface area contributed by atoms with E-state index in [4.69, 9.17) is 16.3 Å². The van der Waals surface area contributed by atoms with Crippen LogP contribution in [0.2, 0.25) is 5.02 Å². The number of benzene rings is 2. The van der Waals surface area contributed by atoms with Gasteiger partial charge in [0.1, 0.15) is 6.61 Å². The van der Waals surface area contributed by atoms with E-state index in [0.717, 1.165) is 5.56 Å². The number of rotatable bonds is 5. The summed E-state index contributed by atoms with van der Waals surface area (Å²) in [6, 6.07) is 13.0. The van der Waals surface area contributed by atoms with Crippen molar-refractivity contribution in [2.45, 2.75) is 6.61 Å². The Bertz CT molecular complexity index is 728. The Morgan fingerprint density at radius 1 is 1.23 bits per heavy atom. The monoisotopic (exact) mass is 317 g/mol. The van der Waals surface area contributed by atoms with Crippen LogP contribution >= 0.6 is 11.6 Å². The number of carbonyl (C=O) groups excluding carboxylic acids is 1. The fourth-order valence-electron chi connectivity index (χ4n) is 1.74. The van der Waals surface area contributed by atoms with E-state index in [-0.39, 0.29) is 12.3 Å². The first-order valence-corrected chi connectivity index (χ1v) is 6.76. The van der Waals surface area contributed by atoms with Crippen molar-refractivity contribution in [1.29, 1.82) is 0 Å². The molecule has 2 aromatic carbocycles. The lowest BCUT2D eigenvalue weighted by atomic mass is 10.2. The molecule has 0 aliphatic carbocycles. The van der Waals surface area contributed by atoms with Crippen molar-refractivity contribution in [2.75, 3.05) is 0 Å². The largest absolute Gasteiger partial charge is 0.458 e. The second kappa shape index (κ2) is 7.38. The third-order valence-corrected chi connectivity index (χ3v) is 3.00. The van der Waals surface area contributed by atoms with E-state index in [1.807, 2.05) is 0 Å². The van der Waals surface area contributed by atoms with Crippen molar-refractivity contribution in [1.82, 2.24) is 0 Å². The molecule has 0 saturated carbocycles. The molecule has 2 aromatic rings. The zero-order chi connectivity index (χ0) is 15.9. The molecule has 22 heavy (non-hydrogen) atoms. The van der Waals surface area contributed by atoms with Gasteiger partial charge in [-0.05, 0) is 29.3 Å². The number of hydrogen-bond acceptors (Lipinski definition) is 4. The average Bonchev–Trinajstić information content (AvgIpc) is 2.51. The summed E-state index contributed by atoms with van der Waals surface area (Å²) in [7, 11) is 0. The van der Waals surface area contributed by atoms with Crippen molar-refractivity contribution < 1.29 is 14.5 Å². The third-order valence-electron chi connectivity index (χ3n) is 2.76. The first kappa shape index (κ1) is 15.7. The molecule has 0 radical (unpaired) electrons. The fourth-order valence-corrected chi connectivity index (χ4v) is 1.95. The molecular weight excluding hydrogens is 306 g/mol. The Kier molecular flexibility index (Phi) is 5.27. The van der Waals surface area contributed by atoms with Crippen molar-refractivity contribution in [3.8, 4) is 0 Å². The molecule has 0 atom stereocenters. The number of nitro groups is 1. The minimum atomic E-state index is -0.536. The minimum absolute atomic E-state index is 0.0329.